The first kappa shape index (κ1) is 15.1. The Labute approximate surface area is 132 Å². The topological polar surface area (TPSA) is 68.0 Å². The lowest BCUT2D eigenvalue weighted by Gasteiger charge is -2.16. The van der Waals surface area contributed by atoms with Crippen molar-refractivity contribution in [1.82, 2.24) is 10.3 Å². The number of carbonyl (C=O) groups excluding carboxylic acids is 1. The summed E-state index contributed by atoms with van der Waals surface area (Å²) < 4.78 is 13.4. The van der Waals surface area contributed by atoms with Crippen LogP contribution in [0.2, 0.25) is 0 Å². The van der Waals surface area contributed by atoms with Crippen molar-refractivity contribution in [2.45, 2.75) is 24.7 Å². The predicted molar refractivity (Wildman–Crippen MR) is 84.5 cm³/mol. The molecule has 1 aliphatic carbocycles. The third-order valence-electron chi connectivity index (χ3n) is 4.02. The first-order valence-corrected chi connectivity index (χ1v) is 8.20. The number of amides is 1. The van der Waals surface area contributed by atoms with Gasteiger partial charge >= 0.3 is 0 Å². The molecule has 1 aliphatic rings. The molecule has 1 saturated carbocycles. The number of nitrogens with one attached hydrogen (secondary N) is 1. The lowest BCUT2D eigenvalue weighted by molar-refractivity contribution is 0.0945. The van der Waals surface area contributed by atoms with E-state index in [0.29, 0.717) is 25.2 Å². The molecule has 0 unspecified atom stereocenters. The molecular weight excluding hydrogens is 301 g/mol. The molecule has 1 aromatic heterocycles. The van der Waals surface area contributed by atoms with Crippen molar-refractivity contribution in [2.75, 3.05) is 13.1 Å². The highest BCUT2D eigenvalue weighted by molar-refractivity contribution is 7.09. The number of hydrogen-bond donors (Lipinski definition) is 2. The van der Waals surface area contributed by atoms with Gasteiger partial charge in [-0.3, -0.25) is 4.79 Å². The second-order valence-corrected chi connectivity index (χ2v) is 6.58. The van der Waals surface area contributed by atoms with Gasteiger partial charge in [0.05, 0.1) is 5.01 Å². The fourth-order valence-electron chi connectivity index (χ4n) is 2.53. The van der Waals surface area contributed by atoms with Gasteiger partial charge in [-0.05, 0) is 37.1 Å². The molecule has 0 aliphatic heterocycles. The molecule has 22 heavy (non-hydrogen) atoms. The number of carbonyl (C=O) groups is 1. The van der Waals surface area contributed by atoms with Crippen LogP contribution in [0.5, 0.6) is 0 Å². The van der Waals surface area contributed by atoms with Crippen molar-refractivity contribution < 1.29 is 9.18 Å². The first-order valence-electron chi connectivity index (χ1n) is 7.32. The van der Waals surface area contributed by atoms with Gasteiger partial charge in [0, 0.05) is 23.8 Å². The fourth-order valence-corrected chi connectivity index (χ4v) is 3.32. The Kier molecular flexibility index (Phi) is 4.22. The van der Waals surface area contributed by atoms with E-state index >= 15 is 0 Å². The summed E-state index contributed by atoms with van der Waals surface area (Å²) in [6, 6.07) is 6.63. The number of nitrogens with two attached hydrogens (primary N) is 1. The lowest BCUT2D eigenvalue weighted by Crippen LogP contribution is -2.32. The zero-order valence-electron chi connectivity index (χ0n) is 12.1. The molecular formula is C16H18FN3OS. The summed E-state index contributed by atoms with van der Waals surface area (Å²) in [5, 5.41) is 5.55. The van der Waals surface area contributed by atoms with E-state index in [2.05, 4.69) is 10.3 Å². The minimum absolute atomic E-state index is 0.117. The molecule has 1 fully saturated rings. The summed E-state index contributed by atoms with van der Waals surface area (Å²) in [5.41, 5.74) is 6.75. The van der Waals surface area contributed by atoms with E-state index < -0.39 is 0 Å². The zero-order chi connectivity index (χ0) is 15.6. The van der Waals surface area contributed by atoms with Crippen LogP contribution in [0.15, 0.2) is 29.6 Å². The predicted octanol–water partition coefficient (Wildman–Crippen LogP) is 2.25. The summed E-state index contributed by atoms with van der Waals surface area (Å²) in [4.78, 5) is 16.4. The molecule has 0 atom stereocenters. The maximum atomic E-state index is 13.4. The highest BCUT2D eigenvalue weighted by atomic mass is 32.1. The average Bonchev–Trinajstić information content (AvgIpc) is 3.17. The Bertz CT molecular complexity index is 682. The zero-order valence-corrected chi connectivity index (χ0v) is 13.0. The average molecular weight is 319 g/mol. The number of halogens is 1. The maximum Gasteiger partial charge on any atom is 0.270 e. The van der Waals surface area contributed by atoms with Gasteiger partial charge in [0.2, 0.25) is 0 Å². The summed E-state index contributed by atoms with van der Waals surface area (Å²) >= 11 is 1.45. The maximum absolute atomic E-state index is 13.4. The van der Waals surface area contributed by atoms with Crippen LogP contribution in [0, 0.1) is 5.82 Å². The number of hydrogen-bond acceptors (Lipinski definition) is 4. The summed E-state index contributed by atoms with van der Waals surface area (Å²) in [6.45, 7) is 1.04. The van der Waals surface area contributed by atoms with Gasteiger partial charge in [0.15, 0.2) is 0 Å². The van der Waals surface area contributed by atoms with Crippen molar-refractivity contribution in [3.05, 3.63) is 51.7 Å². The van der Waals surface area contributed by atoms with Gasteiger partial charge in [-0.1, -0.05) is 12.1 Å². The number of thiazole rings is 1. The van der Waals surface area contributed by atoms with Crippen molar-refractivity contribution in [2.24, 2.45) is 5.73 Å². The Balaban J connectivity index is 1.63. The van der Waals surface area contributed by atoms with Crippen LogP contribution in [0.1, 0.15) is 33.9 Å². The molecule has 0 radical (unpaired) electrons. The van der Waals surface area contributed by atoms with E-state index in [1.807, 2.05) is 6.07 Å². The molecule has 0 saturated heterocycles. The van der Waals surface area contributed by atoms with Gasteiger partial charge in [-0.15, -0.1) is 11.3 Å². The van der Waals surface area contributed by atoms with E-state index in [-0.39, 0.29) is 17.1 Å². The van der Waals surface area contributed by atoms with E-state index in [1.165, 1.54) is 17.4 Å². The fraction of sp³-hybridized carbons (Fsp3) is 0.375. The van der Waals surface area contributed by atoms with Crippen LogP contribution < -0.4 is 11.1 Å². The van der Waals surface area contributed by atoms with Crippen LogP contribution in [-0.4, -0.2) is 24.0 Å². The minimum atomic E-state index is -0.235. The van der Waals surface area contributed by atoms with Crippen molar-refractivity contribution in [1.29, 1.82) is 0 Å². The molecule has 1 heterocycles. The van der Waals surface area contributed by atoms with Crippen LogP contribution in [-0.2, 0) is 11.8 Å². The van der Waals surface area contributed by atoms with E-state index in [9.17, 15) is 9.18 Å². The number of aromatic nitrogens is 1. The van der Waals surface area contributed by atoms with Gasteiger partial charge < -0.3 is 11.1 Å². The molecule has 1 aromatic carbocycles. The molecule has 0 bridgehead atoms. The highest BCUT2D eigenvalue weighted by Gasteiger charge is 2.44. The third kappa shape index (κ3) is 3.18. The monoisotopic (exact) mass is 319 g/mol. The molecule has 6 heteroatoms. The molecule has 3 rings (SSSR count). The summed E-state index contributed by atoms with van der Waals surface area (Å²) in [6.07, 6.45) is 2.61. The Morgan fingerprint density at radius 3 is 2.95 bits per heavy atom. The second-order valence-electron chi connectivity index (χ2n) is 5.64. The largest absolute Gasteiger partial charge is 0.350 e. The Morgan fingerprint density at radius 2 is 2.27 bits per heavy atom. The SMILES string of the molecule is NCCc1nc(C(=O)NCC2(c3cccc(F)c3)CC2)cs1. The van der Waals surface area contributed by atoms with Crippen LogP contribution in [0.25, 0.3) is 0 Å². The minimum Gasteiger partial charge on any atom is -0.350 e. The summed E-state index contributed by atoms with van der Waals surface area (Å²) in [7, 11) is 0. The number of nitrogens with zero attached hydrogens (tertiary/aromatic N) is 1. The lowest BCUT2D eigenvalue weighted by atomic mass is 9.96. The molecule has 3 N–H and O–H groups in total. The third-order valence-corrected chi connectivity index (χ3v) is 4.93. The van der Waals surface area contributed by atoms with E-state index in [1.54, 1.807) is 17.5 Å². The number of benzene rings is 1. The van der Waals surface area contributed by atoms with Crippen molar-refractivity contribution >= 4 is 17.2 Å². The molecule has 4 nitrogen and oxygen atoms in total. The van der Waals surface area contributed by atoms with Crippen molar-refractivity contribution in [3.8, 4) is 0 Å². The van der Waals surface area contributed by atoms with Gasteiger partial charge in [-0.25, -0.2) is 9.37 Å². The smallest absolute Gasteiger partial charge is 0.270 e. The normalized spacial score (nSPS) is 15.5. The highest BCUT2D eigenvalue weighted by Crippen LogP contribution is 2.47. The standard InChI is InChI=1S/C16H18FN3OS/c17-12-3-1-2-11(8-12)16(5-6-16)10-19-15(21)13-9-22-14(20-13)4-7-18/h1-3,8-9H,4-7,10,18H2,(H,19,21). The molecule has 2 aromatic rings. The number of rotatable bonds is 6. The molecule has 116 valence electrons. The van der Waals surface area contributed by atoms with Crippen molar-refractivity contribution in [3.63, 3.8) is 0 Å². The van der Waals surface area contributed by atoms with E-state index in [4.69, 9.17) is 5.73 Å². The van der Waals surface area contributed by atoms with Crippen LogP contribution in [0.4, 0.5) is 4.39 Å². The van der Waals surface area contributed by atoms with Crippen LogP contribution >= 0.6 is 11.3 Å². The molecule has 1 amide bonds. The van der Waals surface area contributed by atoms with Gasteiger partial charge in [0.25, 0.3) is 5.91 Å². The van der Waals surface area contributed by atoms with Gasteiger partial charge in [-0.2, -0.15) is 0 Å². The Morgan fingerprint density at radius 1 is 1.45 bits per heavy atom. The van der Waals surface area contributed by atoms with Gasteiger partial charge in [0.1, 0.15) is 11.5 Å². The first-order chi connectivity index (χ1) is 10.6. The van der Waals surface area contributed by atoms with E-state index in [0.717, 1.165) is 23.4 Å². The molecule has 0 spiro atoms. The summed E-state index contributed by atoms with van der Waals surface area (Å²) in [5.74, 6) is -0.414. The Hall–Kier alpha value is -1.79. The quantitative estimate of drug-likeness (QED) is 0.858. The second kappa shape index (κ2) is 6.14. The van der Waals surface area contributed by atoms with Crippen LogP contribution in [0.3, 0.4) is 0 Å².